The lowest BCUT2D eigenvalue weighted by Crippen LogP contribution is -2.43. The number of nitrogens with zero attached hydrogens (tertiary/aromatic N) is 5. The minimum atomic E-state index is 0.609. The number of hydrogen-bond donors (Lipinski definition) is 1. The van der Waals surface area contributed by atoms with Crippen molar-refractivity contribution in [2.24, 2.45) is 5.16 Å². The smallest absolute Gasteiger partial charge is 0.244 e. The molecule has 0 aliphatic rings. The van der Waals surface area contributed by atoms with Crippen LogP contribution in [0.1, 0.15) is 142 Å². The van der Waals surface area contributed by atoms with E-state index in [1.54, 1.807) is 0 Å². The molecule has 1 N–H and O–H groups in total. The van der Waals surface area contributed by atoms with Crippen LogP contribution in [0.3, 0.4) is 0 Å². The van der Waals surface area contributed by atoms with Gasteiger partial charge in [0.2, 0.25) is 12.7 Å². The van der Waals surface area contributed by atoms with E-state index in [0.717, 1.165) is 18.8 Å². The summed E-state index contributed by atoms with van der Waals surface area (Å²) in [5.41, 5.74) is 0.762. The van der Waals surface area contributed by atoms with Crippen molar-refractivity contribution < 1.29 is 14.3 Å². The number of aryl methyl sites for hydroxylation is 2. The standard InChI is InChI=1S/C33H60N5O/c1-3-5-7-9-11-13-15-17-19-21-23-35-25-27-37(31-35)29-33(34-39)30-38-28-26-36(32-38)24-22-20-18-16-14-12-10-8-6-4-2/h25-28,31-32H,3-24,29-30H2,1-2H3/q+1/p+1. The van der Waals surface area contributed by atoms with E-state index < -0.39 is 0 Å². The molecular formula is C33H61N5O+2. The van der Waals surface area contributed by atoms with E-state index >= 15 is 0 Å². The molecule has 0 unspecified atom stereocenters. The van der Waals surface area contributed by atoms with E-state index in [1.807, 2.05) is 0 Å². The van der Waals surface area contributed by atoms with Crippen molar-refractivity contribution in [1.29, 1.82) is 0 Å². The monoisotopic (exact) mass is 543 g/mol. The van der Waals surface area contributed by atoms with Gasteiger partial charge in [-0.2, -0.15) is 0 Å². The quantitative estimate of drug-likeness (QED) is 0.0419. The van der Waals surface area contributed by atoms with Crippen LogP contribution in [0.5, 0.6) is 0 Å². The molecule has 0 saturated heterocycles. The highest BCUT2D eigenvalue weighted by molar-refractivity contribution is 5.81. The van der Waals surface area contributed by atoms with Crippen molar-refractivity contribution in [3.63, 3.8) is 0 Å². The number of aromatic nitrogens is 4. The highest BCUT2D eigenvalue weighted by atomic mass is 16.4. The van der Waals surface area contributed by atoms with E-state index in [4.69, 9.17) is 0 Å². The molecule has 0 bridgehead atoms. The van der Waals surface area contributed by atoms with Gasteiger partial charge in [0.1, 0.15) is 43.6 Å². The molecule has 2 rings (SSSR count). The molecule has 6 heteroatoms. The van der Waals surface area contributed by atoms with Crippen molar-refractivity contribution in [2.75, 3.05) is 0 Å². The van der Waals surface area contributed by atoms with Gasteiger partial charge in [0.15, 0.2) is 0 Å². The van der Waals surface area contributed by atoms with E-state index in [0.29, 0.717) is 13.1 Å². The van der Waals surface area contributed by atoms with Gasteiger partial charge in [-0.15, -0.1) is 0 Å². The first-order valence-corrected chi connectivity index (χ1v) is 16.5. The molecule has 222 valence electrons. The van der Waals surface area contributed by atoms with Crippen LogP contribution >= 0.6 is 0 Å². The molecule has 0 aliphatic heterocycles. The molecule has 0 radical (unpaired) electrons. The predicted octanol–water partition coefficient (Wildman–Crippen LogP) is 8.24. The summed E-state index contributed by atoms with van der Waals surface area (Å²) in [5.74, 6) is 0. The fraction of sp³-hybridized carbons (Fsp3) is 0.788. The van der Waals surface area contributed by atoms with Crippen molar-refractivity contribution >= 4 is 5.71 Å². The number of unbranched alkanes of at least 4 members (excludes halogenated alkanes) is 18. The van der Waals surface area contributed by atoms with Gasteiger partial charge in [0, 0.05) is 0 Å². The molecule has 0 fully saturated rings. The lowest BCUT2D eigenvalue weighted by molar-refractivity contribution is -0.698. The molecule has 6 nitrogen and oxygen atoms in total. The Morgan fingerprint density at radius 1 is 0.538 bits per heavy atom. The molecule has 2 heterocycles. The first-order chi connectivity index (χ1) is 19.2. The zero-order chi connectivity index (χ0) is 27.8. The normalized spacial score (nSPS) is 11.3. The van der Waals surface area contributed by atoms with Crippen LogP contribution in [-0.4, -0.2) is 20.1 Å². The van der Waals surface area contributed by atoms with Gasteiger partial charge in [-0.25, -0.2) is 18.3 Å². The number of rotatable bonds is 26. The molecule has 0 amide bonds. The summed E-state index contributed by atoms with van der Waals surface area (Å²) in [7, 11) is 0. The third kappa shape index (κ3) is 16.6. The van der Waals surface area contributed by atoms with Crippen molar-refractivity contribution in [1.82, 2.24) is 9.13 Å². The Labute approximate surface area is 240 Å². The van der Waals surface area contributed by atoms with Crippen LogP contribution in [0.25, 0.3) is 0 Å². The first kappa shape index (κ1) is 33.1. The largest absolute Gasteiger partial charge is 0.411 e. The second kappa shape index (κ2) is 22.7. The van der Waals surface area contributed by atoms with Gasteiger partial charge in [-0.3, -0.25) is 0 Å². The molecule has 2 aromatic rings. The molecule has 0 spiro atoms. The second-order valence-electron chi connectivity index (χ2n) is 11.7. The first-order valence-electron chi connectivity index (χ1n) is 16.5. The molecule has 0 aliphatic carbocycles. The highest BCUT2D eigenvalue weighted by Gasteiger charge is 2.13. The minimum Gasteiger partial charge on any atom is -0.411 e. The summed E-state index contributed by atoms with van der Waals surface area (Å²) < 4.78 is 8.76. The van der Waals surface area contributed by atoms with Crippen molar-refractivity contribution in [3.05, 3.63) is 37.4 Å². The summed E-state index contributed by atoms with van der Waals surface area (Å²) in [6.07, 6.45) is 40.0. The summed E-state index contributed by atoms with van der Waals surface area (Å²) in [5, 5.41) is 13.2. The van der Waals surface area contributed by atoms with Crippen LogP contribution in [-0.2, 0) is 26.2 Å². The summed E-state index contributed by atoms with van der Waals surface area (Å²) in [6, 6.07) is 0. The lowest BCUT2D eigenvalue weighted by atomic mass is 10.1. The molecular weight excluding hydrogens is 482 g/mol. The van der Waals surface area contributed by atoms with Gasteiger partial charge < -0.3 is 5.21 Å². The number of hydrogen-bond acceptors (Lipinski definition) is 2. The van der Waals surface area contributed by atoms with Crippen molar-refractivity contribution in [2.45, 2.75) is 168 Å². The average Bonchev–Trinajstić information content (AvgIpc) is 3.59. The molecule has 0 atom stereocenters. The zero-order valence-corrected chi connectivity index (χ0v) is 25.6. The lowest BCUT2D eigenvalue weighted by Gasteiger charge is -2.02. The maximum Gasteiger partial charge on any atom is 0.244 e. The summed E-state index contributed by atoms with van der Waals surface area (Å²) >= 11 is 0. The van der Waals surface area contributed by atoms with Gasteiger partial charge in [-0.1, -0.05) is 122 Å². The number of imidazole rings is 2. The highest BCUT2D eigenvalue weighted by Crippen LogP contribution is 2.12. The molecule has 0 aromatic carbocycles. The second-order valence-corrected chi connectivity index (χ2v) is 11.7. The zero-order valence-electron chi connectivity index (χ0n) is 25.6. The van der Waals surface area contributed by atoms with E-state index in [9.17, 15) is 5.21 Å². The van der Waals surface area contributed by atoms with Crippen LogP contribution in [0.15, 0.2) is 42.6 Å². The maximum absolute atomic E-state index is 9.62. The molecule has 0 saturated carbocycles. The average molecular weight is 544 g/mol. The summed E-state index contributed by atoms with van der Waals surface area (Å²) in [4.78, 5) is 0. The Balaban J connectivity index is 1.55. The Morgan fingerprint density at radius 3 is 1.21 bits per heavy atom. The third-order valence-electron chi connectivity index (χ3n) is 7.90. The summed E-state index contributed by atoms with van der Waals surface area (Å²) in [6.45, 7) is 7.90. The van der Waals surface area contributed by atoms with Gasteiger partial charge in [0.05, 0.1) is 13.1 Å². The van der Waals surface area contributed by atoms with Gasteiger partial charge >= 0.3 is 0 Å². The van der Waals surface area contributed by atoms with Crippen LogP contribution in [0.4, 0.5) is 0 Å². The predicted molar refractivity (Wildman–Crippen MR) is 162 cm³/mol. The van der Waals surface area contributed by atoms with Crippen LogP contribution in [0.2, 0.25) is 0 Å². The third-order valence-corrected chi connectivity index (χ3v) is 7.90. The maximum atomic E-state index is 9.62. The fourth-order valence-electron chi connectivity index (χ4n) is 5.43. The fourth-order valence-corrected chi connectivity index (χ4v) is 5.43. The van der Waals surface area contributed by atoms with Crippen molar-refractivity contribution in [3.8, 4) is 0 Å². The van der Waals surface area contributed by atoms with Crippen LogP contribution in [0, 0.1) is 0 Å². The SMILES string of the molecule is CCCCCCCCCCCCn1cc[n+](CC(C[n+]2ccn(CCCCCCCCCCCC)c2)=NO)c1. The Kier molecular flexibility index (Phi) is 19.2. The van der Waals surface area contributed by atoms with Crippen LogP contribution < -0.4 is 9.13 Å². The van der Waals surface area contributed by atoms with Gasteiger partial charge in [0.25, 0.3) is 0 Å². The Bertz CT molecular complexity index is 790. The Morgan fingerprint density at radius 2 is 0.872 bits per heavy atom. The topological polar surface area (TPSA) is 50.2 Å². The van der Waals surface area contributed by atoms with E-state index in [2.05, 4.69) is 74.7 Å². The minimum absolute atomic E-state index is 0.609. The molecule has 2 aromatic heterocycles. The van der Waals surface area contributed by atoms with Gasteiger partial charge in [-0.05, 0) is 25.7 Å². The number of oxime groups is 1. The van der Waals surface area contributed by atoms with E-state index in [1.165, 1.54) is 128 Å². The molecule has 39 heavy (non-hydrogen) atoms. The van der Waals surface area contributed by atoms with E-state index in [-0.39, 0.29) is 0 Å². The Hall–Kier alpha value is -2.11.